The van der Waals surface area contributed by atoms with Gasteiger partial charge in [0, 0.05) is 11.9 Å². The lowest BCUT2D eigenvalue weighted by Crippen LogP contribution is -2.46. The number of carbonyl (C=O) groups excluding carboxylic acids is 3. The summed E-state index contributed by atoms with van der Waals surface area (Å²) in [6.45, 7) is 7.46. The molecule has 0 saturated carbocycles. The summed E-state index contributed by atoms with van der Waals surface area (Å²) in [6.07, 6.45) is -0.387. The van der Waals surface area contributed by atoms with E-state index >= 15 is 0 Å². The molecule has 0 aliphatic rings. The van der Waals surface area contributed by atoms with Crippen molar-refractivity contribution in [2.75, 3.05) is 13.6 Å². The molecule has 0 spiro atoms. The third-order valence-corrected chi connectivity index (χ3v) is 3.45. The predicted molar refractivity (Wildman–Crippen MR) is 98.1 cm³/mol. The molecular formula is C16H28N4O4S. The van der Waals surface area contributed by atoms with E-state index in [1.54, 1.807) is 18.3 Å². The van der Waals surface area contributed by atoms with Gasteiger partial charge in [-0.2, -0.15) is 0 Å². The quantitative estimate of drug-likeness (QED) is 0.613. The van der Waals surface area contributed by atoms with Gasteiger partial charge in [0.05, 0.1) is 13.1 Å². The van der Waals surface area contributed by atoms with E-state index in [0.29, 0.717) is 6.54 Å². The minimum Gasteiger partial charge on any atom is -0.444 e. The van der Waals surface area contributed by atoms with Crippen molar-refractivity contribution in [1.82, 2.24) is 16.0 Å². The predicted octanol–water partition coefficient (Wildman–Crippen LogP) is 0.969. The van der Waals surface area contributed by atoms with Gasteiger partial charge in [-0.25, -0.2) is 4.79 Å². The van der Waals surface area contributed by atoms with Crippen LogP contribution in [-0.2, 0) is 20.9 Å². The Bertz CT molecular complexity index is 541. The monoisotopic (exact) mass is 372 g/mol. The molecule has 0 saturated heterocycles. The molecule has 0 aliphatic heterocycles. The Balaban J connectivity index is 0.000000547. The summed E-state index contributed by atoms with van der Waals surface area (Å²) in [6, 6.07) is 3.30. The molecule has 8 nitrogen and oxygen atoms in total. The number of thiophene rings is 1. The van der Waals surface area contributed by atoms with Crippen molar-refractivity contribution in [3.05, 3.63) is 22.4 Å². The summed E-state index contributed by atoms with van der Waals surface area (Å²) >= 11 is 1.57. The molecule has 5 N–H and O–H groups in total. The highest BCUT2D eigenvalue weighted by atomic mass is 32.1. The summed E-state index contributed by atoms with van der Waals surface area (Å²) in [5, 5.41) is 9.52. The fourth-order valence-corrected chi connectivity index (χ4v) is 2.08. The summed E-state index contributed by atoms with van der Waals surface area (Å²) < 4.78 is 4.84. The molecule has 0 bridgehead atoms. The number of ether oxygens (including phenoxy) is 1. The first kappa shape index (κ1) is 22.9. The molecule has 1 aromatic heterocycles. The molecule has 1 rings (SSSR count). The first-order chi connectivity index (χ1) is 11.6. The van der Waals surface area contributed by atoms with Crippen molar-refractivity contribution in [2.24, 2.45) is 5.73 Å². The molecule has 1 atom stereocenters. The zero-order valence-corrected chi connectivity index (χ0v) is 16.2. The lowest BCUT2D eigenvalue weighted by Gasteiger charge is -2.18. The van der Waals surface area contributed by atoms with Crippen LogP contribution in [0.1, 0.15) is 32.6 Å². The maximum absolute atomic E-state index is 11.5. The van der Waals surface area contributed by atoms with Crippen LogP contribution in [0.25, 0.3) is 0 Å². The second-order valence-electron chi connectivity index (χ2n) is 6.04. The van der Waals surface area contributed by atoms with E-state index < -0.39 is 6.04 Å². The van der Waals surface area contributed by atoms with Crippen LogP contribution in [0, 0.1) is 0 Å². The number of nitrogens with two attached hydrogens (primary N) is 1. The highest BCUT2D eigenvalue weighted by Crippen LogP contribution is 2.07. The largest absolute Gasteiger partial charge is 0.444 e. The number of alkyl carbamates (subject to hydrolysis) is 1. The molecular weight excluding hydrogens is 344 g/mol. The van der Waals surface area contributed by atoms with E-state index in [-0.39, 0.29) is 30.1 Å². The lowest BCUT2D eigenvalue weighted by atomic mass is 10.2. The third kappa shape index (κ3) is 12.0. The van der Waals surface area contributed by atoms with Gasteiger partial charge in [0.1, 0.15) is 11.6 Å². The van der Waals surface area contributed by atoms with Crippen LogP contribution >= 0.6 is 11.3 Å². The van der Waals surface area contributed by atoms with Gasteiger partial charge >= 0.3 is 6.09 Å². The van der Waals surface area contributed by atoms with Gasteiger partial charge in [-0.15, -0.1) is 11.3 Å². The highest BCUT2D eigenvalue weighted by molar-refractivity contribution is 7.09. The Labute approximate surface area is 152 Å². The topological polar surface area (TPSA) is 123 Å². The first-order valence-electron chi connectivity index (χ1n) is 7.79. The van der Waals surface area contributed by atoms with Gasteiger partial charge in [-0.1, -0.05) is 6.07 Å². The fraction of sp³-hybridized carbons (Fsp3) is 0.562. The molecule has 0 radical (unpaired) electrons. The second-order valence-corrected chi connectivity index (χ2v) is 7.07. The van der Waals surface area contributed by atoms with Gasteiger partial charge < -0.3 is 26.4 Å². The van der Waals surface area contributed by atoms with E-state index in [0.717, 1.165) is 4.88 Å². The Morgan fingerprint density at radius 1 is 1.32 bits per heavy atom. The third-order valence-electron chi connectivity index (χ3n) is 2.58. The maximum Gasteiger partial charge on any atom is 0.407 e. The summed E-state index contributed by atoms with van der Waals surface area (Å²) in [4.78, 5) is 34.0. The average molecular weight is 372 g/mol. The minimum absolute atomic E-state index is 0.109. The number of carbonyl (C=O) groups is 3. The standard InChI is InChI=1S/C10H15N3O2S.C6H13NO2/c1-7(13-9(14)5-11)10(15)12-6-8-3-2-4-16-8;1-6(2,3)9-5(8)7-4/h2-4,7H,5-6,11H2,1H3,(H,12,15)(H,13,14);1-4H3,(H,7,8)/t7-;/m0./s1. The van der Waals surface area contributed by atoms with Crippen molar-refractivity contribution in [2.45, 2.75) is 45.9 Å². The van der Waals surface area contributed by atoms with Crippen molar-refractivity contribution in [1.29, 1.82) is 0 Å². The van der Waals surface area contributed by atoms with E-state index in [9.17, 15) is 14.4 Å². The molecule has 0 aromatic carbocycles. The van der Waals surface area contributed by atoms with E-state index in [1.807, 2.05) is 38.3 Å². The number of hydrogen-bond acceptors (Lipinski definition) is 6. The molecule has 0 fully saturated rings. The molecule has 25 heavy (non-hydrogen) atoms. The van der Waals surface area contributed by atoms with Gasteiger partial charge in [0.25, 0.3) is 0 Å². The van der Waals surface area contributed by atoms with Crippen LogP contribution in [-0.4, -0.2) is 43.1 Å². The molecule has 1 heterocycles. The summed E-state index contributed by atoms with van der Waals surface area (Å²) in [5.41, 5.74) is 4.74. The zero-order chi connectivity index (χ0) is 19.5. The van der Waals surface area contributed by atoms with Crippen molar-refractivity contribution in [3.63, 3.8) is 0 Å². The van der Waals surface area contributed by atoms with Crippen LogP contribution in [0.15, 0.2) is 17.5 Å². The fourth-order valence-electron chi connectivity index (χ4n) is 1.44. The molecule has 142 valence electrons. The van der Waals surface area contributed by atoms with E-state index in [4.69, 9.17) is 10.5 Å². The second kappa shape index (κ2) is 11.4. The number of nitrogens with one attached hydrogen (secondary N) is 3. The molecule has 0 aliphatic carbocycles. The van der Waals surface area contributed by atoms with Gasteiger partial charge in [-0.3, -0.25) is 9.59 Å². The highest BCUT2D eigenvalue weighted by Gasteiger charge is 2.14. The molecule has 9 heteroatoms. The molecule has 0 unspecified atom stereocenters. The van der Waals surface area contributed by atoms with Gasteiger partial charge in [0.2, 0.25) is 11.8 Å². The van der Waals surface area contributed by atoms with Crippen molar-refractivity contribution in [3.8, 4) is 0 Å². The Kier molecular flexibility index (Phi) is 10.5. The van der Waals surface area contributed by atoms with E-state index in [2.05, 4.69) is 16.0 Å². The zero-order valence-electron chi connectivity index (χ0n) is 15.3. The number of amides is 3. The SMILES string of the molecule is CNC(=O)OC(C)(C)C.C[C@H](NC(=O)CN)C(=O)NCc1cccs1. The number of hydrogen-bond donors (Lipinski definition) is 4. The van der Waals surface area contributed by atoms with Crippen LogP contribution in [0.5, 0.6) is 0 Å². The molecule has 3 amide bonds. The Morgan fingerprint density at radius 3 is 2.36 bits per heavy atom. The van der Waals surface area contributed by atoms with Gasteiger partial charge in [-0.05, 0) is 39.1 Å². The van der Waals surface area contributed by atoms with Crippen molar-refractivity contribution < 1.29 is 19.1 Å². The minimum atomic E-state index is -0.559. The average Bonchev–Trinajstić information content (AvgIpc) is 3.04. The van der Waals surface area contributed by atoms with Gasteiger partial charge in [0.15, 0.2) is 0 Å². The number of rotatable bonds is 5. The van der Waals surface area contributed by atoms with Crippen LogP contribution < -0.4 is 21.7 Å². The summed E-state index contributed by atoms with van der Waals surface area (Å²) in [7, 11) is 1.54. The summed E-state index contributed by atoms with van der Waals surface area (Å²) in [5.74, 6) is -0.547. The Morgan fingerprint density at radius 2 is 1.96 bits per heavy atom. The molecule has 1 aromatic rings. The van der Waals surface area contributed by atoms with Crippen LogP contribution in [0.2, 0.25) is 0 Å². The smallest absolute Gasteiger partial charge is 0.407 e. The van der Waals surface area contributed by atoms with Crippen LogP contribution in [0.3, 0.4) is 0 Å². The van der Waals surface area contributed by atoms with Crippen molar-refractivity contribution >= 4 is 29.2 Å². The first-order valence-corrected chi connectivity index (χ1v) is 8.67. The normalized spacial score (nSPS) is 11.4. The van der Waals surface area contributed by atoms with E-state index in [1.165, 1.54) is 7.05 Å². The lowest BCUT2D eigenvalue weighted by molar-refractivity contribution is -0.128. The Hall–Kier alpha value is -2.13. The maximum atomic E-state index is 11.5. The van der Waals surface area contributed by atoms with Crippen LogP contribution in [0.4, 0.5) is 4.79 Å².